The summed E-state index contributed by atoms with van der Waals surface area (Å²) in [6.07, 6.45) is 1.02. The van der Waals surface area contributed by atoms with E-state index in [-0.39, 0.29) is 0 Å². The third kappa shape index (κ3) is 3.12. The van der Waals surface area contributed by atoms with Gasteiger partial charge in [0, 0.05) is 22.0 Å². The van der Waals surface area contributed by atoms with Crippen LogP contribution in [0.1, 0.15) is 12.5 Å². The summed E-state index contributed by atoms with van der Waals surface area (Å²) < 4.78 is 5.88. The van der Waals surface area contributed by atoms with E-state index >= 15 is 0 Å². The van der Waals surface area contributed by atoms with Gasteiger partial charge in [-0.05, 0) is 50.2 Å². The molecule has 0 aliphatic heterocycles. The lowest BCUT2D eigenvalue weighted by Gasteiger charge is -2.09. The quantitative estimate of drug-likeness (QED) is 0.741. The third-order valence-corrected chi connectivity index (χ3v) is 3.99. The normalized spacial score (nSPS) is 12.7. The molecule has 0 radical (unpaired) electrons. The molecule has 0 bridgehead atoms. The Kier molecular flexibility index (Phi) is 4.00. The molecule has 0 fully saturated rings. The topological polar surface area (TPSA) is 25.2 Å². The lowest BCUT2D eigenvalue weighted by Crippen LogP contribution is -2.23. The minimum atomic E-state index is 0.476. The van der Waals surface area contributed by atoms with Gasteiger partial charge in [-0.2, -0.15) is 0 Å². The van der Waals surface area contributed by atoms with Gasteiger partial charge in [-0.15, -0.1) is 0 Å². The van der Waals surface area contributed by atoms with Crippen molar-refractivity contribution in [3.8, 4) is 11.3 Å². The largest absolute Gasteiger partial charge is 0.456 e. The molecule has 108 valence electrons. The standard InChI is InChI=1S/C18H18ClNO/c1-12(20-2)9-13-3-5-14(6-4-13)18-11-15-10-16(19)7-8-17(15)21-18/h3-8,10-12,20H,9H2,1-2H3. The number of hydrogen-bond donors (Lipinski definition) is 1. The summed E-state index contributed by atoms with van der Waals surface area (Å²) in [5.41, 5.74) is 3.27. The highest BCUT2D eigenvalue weighted by atomic mass is 35.5. The van der Waals surface area contributed by atoms with Gasteiger partial charge in [0.15, 0.2) is 0 Å². The van der Waals surface area contributed by atoms with Crippen LogP contribution in [0.25, 0.3) is 22.3 Å². The molecule has 0 spiro atoms. The van der Waals surface area contributed by atoms with Crippen molar-refractivity contribution in [2.45, 2.75) is 19.4 Å². The van der Waals surface area contributed by atoms with E-state index in [0.29, 0.717) is 6.04 Å². The molecule has 1 atom stereocenters. The lowest BCUT2D eigenvalue weighted by molar-refractivity contribution is 0.608. The van der Waals surface area contributed by atoms with Crippen LogP contribution >= 0.6 is 11.6 Å². The number of halogens is 1. The van der Waals surface area contributed by atoms with Crippen molar-refractivity contribution in [1.29, 1.82) is 0 Å². The predicted molar refractivity (Wildman–Crippen MR) is 88.9 cm³/mol. The van der Waals surface area contributed by atoms with Crippen LogP contribution in [0, 0.1) is 0 Å². The van der Waals surface area contributed by atoms with Gasteiger partial charge in [0.1, 0.15) is 11.3 Å². The fourth-order valence-corrected chi connectivity index (χ4v) is 2.60. The molecule has 2 nitrogen and oxygen atoms in total. The summed E-state index contributed by atoms with van der Waals surface area (Å²) in [4.78, 5) is 0. The lowest BCUT2D eigenvalue weighted by atomic mass is 10.0. The molecule has 0 aliphatic rings. The molecule has 1 unspecified atom stereocenters. The van der Waals surface area contributed by atoms with Gasteiger partial charge in [0.05, 0.1) is 0 Å². The molecular weight excluding hydrogens is 282 g/mol. The first-order valence-corrected chi connectivity index (χ1v) is 7.49. The summed E-state index contributed by atoms with van der Waals surface area (Å²) in [6, 6.07) is 16.7. The van der Waals surface area contributed by atoms with Crippen LogP contribution in [0.4, 0.5) is 0 Å². The van der Waals surface area contributed by atoms with Crippen molar-refractivity contribution >= 4 is 22.6 Å². The van der Waals surface area contributed by atoms with Crippen molar-refractivity contribution in [2.75, 3.05) is 7.05 Å². The molecule has 1 N–H and O–H groups in total. The Morgan fingerprint density at radius 2 is 1.86 bits per heavy atom. The highest BCUT2D eigenvalue weighted by molar-refractivity contribution is 6.31. The fourth-order valence-electron chi connectivity index (χ4n) is 2.42. The average Bonchev–Trinajstić information content (AvgIpc) is 2.90. The van der Waals surface area contributed by atoms with Crippen LogP contribution in [0.5, 0.6) is 0 Å². The second-order valence-electron chi connectivity index (χ2n) is 5.38. The summed E-state index contributed by atoms with van der Waals surface area (Å²) in [6.45, 7) is 2.18. The van der Waals surface area contributed by atoms with Crippen LogP contribution in [-0.2, 0) is 6.42 Å². The highest BCUT2D eigenvalue weighted by Gasteiger charge is 2.07. The van der Waals surface area contributed by atoms with Crippen molar-refractivity contribution in [3.63, 3.8) is 0 Å². The molecular formula is C18H18ClNO. The smallest absolute Gasteiger partial charge is 0.135 e. The molecule has 0 aliphatic carbocycles. The zero-order valence-electron chi connectivity index (χ0n) is 12.2. The molecule has 0 saturated carbocycles. The third-order valence-electron chi connectivity index (χ3n) is 3.75. The van der Waals surface area contributed by atoms with Crippen LogP contribution in [0.2, 0.25) is 5.02 Å². The SMILES string of the molecule is CNC(C)Cc1ccc(-c2cc3cc(Cl)ccc3o2)cc1. The first-order chi connectivity index (χ1) is 10.2. The highest BCUT2D eigenvalue weighted by Crippen LogP contribution is 2.29. The first kappa shape index (κ1) is 14.2. The molecule has 3 heteroatoms. The maximum Gasteiger partial charge on any atom is 0.135 e. The van der Waals surface area contributed by atoms with Crippen LogP contribution < -0.4 is 5.32 Å². The number of rotatable bonds is 4. The summed E-state index contributed by atoms with van der Waals surface area (Å²) in [5, 5.41) is 5.01. The van der Waals surface area contributed by atoms with Gasteiger partial charge < -0.3 is 9.73 Å². The van der Waals surface area contributed by atoms with Crippen LogP contribution in [0.15, 0.2) is 52.9 Å². The predicted octanol–water partition coefficient (Wildman–Crippen LogP) is 4.90. The van der Waals surface area contributed by atoms with Gasteiger partial charge in [0.25, 0.3) is 0 Å². The van der Waals surface area contributed by atoms with Gasteiger partial charge in [-0.25, -0.2) is 0 Å². The summed E-state index contributed by atoms with van der Waals surface area (Å²) >= 11 is 6.01. The molecule has 1 heterocycles. The van der Waals surface area contributed by atoms with E-state index < -0.39 is 0 Å². The van der Waals surface area contributed by atoms with Crippen molar-refractivity contribution in [1.82, 2.24) is 5.32 Å². The Balaban J connectivity index is 1.88. The maximum absolute atomic E-state index is 6.01. The zero-order chi connectivity index (χ0) is 14.8. The Morgan fingerprint density at radius 3 is 2.57 bits per heavy atom. The minimum Gasteiger partial charge on any atom is -0.456 e. The van der Waals surface area contributed by atoms with Gasteiger partial charge >= 0.3 is 0 Å². The van der Waals surface area contributed by atoms with Crippen molar-refractivity contribution < 1.29 is 4.42 Å². The fraction of sp³-hybridized carbons (Fsp3) is 0.222. The van der Waals surface area contributed by atoms with Crippen molar-refractivity contribution in [3.05, 3.63) is 59.1 Å². The molecule has 21 heavy (non-hydrogen) atoms. The minimum absolute atomic E-state index is 0.476. The van der Waals surface area contributed by atoms with E-state index in [1.165, 1.54) is 5.56 Å². The van der Waals surface area contributed by atoms with E-state index in [4.69, 9.17) is 16.0 Å². The Labute approximate surface area is 129 Å². The molecule has 3 aromatic rings. The molecule has 1 aromatic heterocycles. The van der Waals surface area contributed by atoms with E-state index in [2.05, 4.69) is 36.5 Å². The van der Waals surface area contributed by atoms with E-state index in [0.717, 1.165) is 33.7 Å². The van der Waals surface area contributed by atoms with Crippen molar-refractivity contribution in [2.24, 2.45) is 0 Å². The second kappa shape index (κ2) is 5.92. The zero-order valence-corrected chi connectivity index (χ0v) is 12.9. The van der Waals surface area contributed by atoms with E-state index in [1.807, 2.05) is 31.3 Å². The molecule has 0 amide bonds. The maximum atomic E-state index is 6.01. The number of hydrogen-bond acceptors (Lipinski definition) is 2. The van der Waals surface area contributed by atoms with E-state index in [9.17, 15) is 0 Å². The number of fused-ring (bicyclic) bond motifs is 1. The number of nitrogens with one attached hydrogen (secondary N) is 1. The monoisotopic (exact) mass is 299 g/mol. The van der Waals surface area contributed by atoms with Crippen LogP contribution in [0.3, 0.4) is 0 Å². The number of benzene rings is 2. The number of furan rings is 1. The number of likely N-dealkylation sites (N-methyl/N-ethyl adjacent to an activating group) is 1. The second-order valence-corrected chi connectivity index (χ2v) is 5.82. The molecule has 3 rings (SSSR count). The average molecular weight is 300 g/mol. The van der Waals surface area contributed by atoms with Gasteiger partial charge in [-0.1, -0.05) is 35.9 Å². The summed E-state index contributed by atoms with van der Waals surface area (Å²) in [5.74, 6) is 0.875. The Morgan fingerprint density at radius 1 is 1.10 bits per heavy atom. The Bertz CT molecular complexity index is 746. The molecule has 2 aromatic carbocycles. The van der Waals surface area contributed by atoms with Gasteiger partial charge in [-0.3, -0.25) is 0 Å². The van der Waals surface area contributed by atoms with E-state index in [1.54, 1.807) is 0 Å². The molecule has 0 saturated heterocycles. The van der Waals surface area contributed by atoms with Gasteiger partial charge in [0.2, 0.25) is 0 Å². The first-order valence-electron chi connectivity index (χ1n) is 7.11. The Hall–Kier alpha value is -1.77. The van der Waals surface area contributed by atoms with Crippen LogP contribution in [-0.4, -0.2) is 13.1 Å². The summed E-state index contributed by atoms with van der Waals surface area (Å²) in [7, 11) is 1.98.